The van der Waals surface area contributed by atoms with Gasteiger partial charge in [0.25, 0.3) is 0 Å². The van der Waals surface area contributed by atoms with Crippen LogP contribution in [0.4, 0.5) is 0 Å². The number of aliphatic imine (C=N–C) groups is 1. The summed E-state index contributed by atoms with van der Waals surface area (Å²) < 4.78 is 0. The molecular weight excluding hydrogens is 463 g/mol. The van der Waals surface area contributed by atoms with E-state index in [-0.39, 0.29) is 29.9 Å². The summed E-state index contributed by atoms with van der Waals surface area (Å²) in [5, 5.41) is 6.91. The highest BCUT2D eigenvalue weighted by Gasteiger charge is 2.31. The Morgan fingerprint density at radius 3 is 2.61 bits per heavy atom. The molecule has 2 fully saturated rings. The summed E-state index contributed by atoms with van der Waals surface area (Å²) in [5.41, 5.74) is 1.37. The van der Waals surface area contributed by atoms with Crippen molar-refractivity contribution >= 4 is 35.8 Å². The SMILES string of the molecule is CN=C(NCCCc1ccccc1)NC1CCN(C(=O)C2CCCCC2)C1.I. The molecule has 5 nitrogen and oxygen atoms in total. The lowest BCUT2D eigenvalue weighted by Crippen LogP contribution is -2.45. The van der Waals surface area contributed by atoms with Crippen molar-refractivity contribution in [3.63, 3.8) is 0 Å². The lowest BCUT2D eigenvalue weighted by molar-refractivity contribution is -0.135. The van der Waals surface area contributed by atoms with E-state index in [2.05, 4.69) is 50.9 Å². The first kappa shape index (κ1) is 23.0. The van der Waals surface area contributed by atoms with Crippen molar-refractivity contribution in [2.24, 2.45) is 10.9 Å². The highest BCUT2D eigenvalue weighted by atomic mass is 127. The molecule has 0 aromatic heterocycles. The first-order valence-electron chi connectivity index (χ1n) is 10.6. The maximum atomic E-state index is 12.7. The van der Waals surface area contributed by atoms with Gasteiger partial charge in [0.1, 0.15) is 0 Å². The van der Waals surface area contributed by atoms with Crippen LogP contribution in [0.2, 0.25) is 0 Å². The fourth-order valence-corrected chi connectivity index (χ4v) is 4.22. The number of guanidine groups is 1. The summed E-state index contributed by atoms with van der Waals surface area (Å²) >= 11 is 0. The van der Waals surface area contributed by atoms with Gasteiger partial charge in [-0.05, 0) is 37.7 Å². The average Bonchev–Trinajstić information content (AvgIpc) is 3.19. The molecule has 1 saturated carbocycles. The van der Waals surface area contributed by atoms with Crippen LogP contribution in [0.1, 0.15) is 50.5 Å². The molecule has 1 aliphatic carbocycles. The van der Waals surface area contributed by atoms with Crippen molar-refractivity contribution in [1.29, 1.82) is 0 Å². The number of carbonyl (C=O) groups excluding carboxylic acids is 1. The van der Waals surface area contributed by atoms with Gasteiger partial charge in [-0.1, -0.05) is 49.6 Å². The zero-order valence-corrected chi connectivity index (χ0v) is 19.4. The number of carbonyl (C=O) groups is 1. The fraction of sp³-hybridized carbons (Fsp3) is 0.636. The van der Waals surface area contributed by atoms with E-state index in [9.17, 15) is 4.79 Å². The van der Waals surface area contributed by atoms with Gasteiger partial charge in [0.15, 0.2) is 5.96 Å². The van der Waals surface area contributed by atoms with Crippen molar-refractivity contribution < 1.29 is 4.79 Å². The number of rotatable bonds is 6. The number of aryl methyl sites for hydroxylation is 1. The Hall–Kier alpha value is -1.31. The summed E-state index contributed by atoms with van der Waals surface area (Å²) in [6.07, 6.45) is 9.02. The Morgan fingerprint density at radius 1 is 1.14 bits per heavy atom. The predicted molar refractivity (Wildman–Crippen MR) is 126 cm³/mol. The average molecular weight is 498 g/mol. The number of hydrogen-bond acceptors (Lipinski definition) is 2. The van der Waals surface area contributed by atoms with E-state index in [1.807, 2.05) is 7.05 Å². The van der Waals surface area contributed by atoms with Crippen molar-refractivity contribution in [2.45, 2.75) is 57.4 Å². The van der Waals surface area contributed by atoms with Crippen LogP contribution in [-0.4, -0.2) is 49.5 Å². The molecule has 3 rings (SSSR count). The number of benzene rings is 1. The Labute approximate surface area is 186 Å². The quantitative estimate of drug-likeness (QED) is 0.273. The smallest absolute Gasteiger partial charge is 0.225 e. The molecule has 1 aromatic carbocycles. The molecule has 2 aliphatic rings. The lowest BCUT2D eigenvalue weighted by Gasteiger charge is -2.26. The van der Waals surface area contributed by atoms with Gasteiger partial charge in [-0.2, -0.15) is 0 Å². The van der Waals surface area contributed by atoms with E-state index in [4.69, 9.17) is 0 Å². The number of amides is 1. The molecule has 1 aliphatic heterocycles. The van der Waals surface area contributed by atoms with Crippen LogP contribution in [0.5, 0.6) is 0 Å². The highest BCUT2D eigenvalue weighted by Crippen LogP contribution is 2.26. The molecule has 1 atom stereocenters. The molecule has 2 N–H and O–H groups in total. The van der Waals surface area contributed by atoms with Gasteiger partial charge in [-0.3, -0.25) is 9.79 Å². The fourth-order valence-electron chi connectivity index (χ4n) is 4.22. The van der Waals surface area contributed by atoms with Crippen molar-refractivity contribution in [3.8, 4) is 0 Å². The standard InChI is InChI=1S/C22H34N4O.HI/c1-23-22(24-15-8-11-18-9-4-2-5-10-18)25-20-14-16-26(17-20)21(27)19-12-6-3-7-13-19;/h2,4-5,9-10,19-20H,3,6-8,11-17H2,1H3,(H2,23,24,25);1H. The topological polar surface area (TPSA) is 56.7 Å². The molecule has 0 bridgehead atoms. The van der Waals surface area contributed by atoms with Gasteiger partial charge < -0.3 is 15.5 Å². The molecule has 1 saturated heterocycles. The maximum Gasteiger partial charge on any atom is 0.225 e. The minimum atomic E-state index is 0. The number of nitrogens with zero attached hydrogens (tertiary/aromatic N) is 2. The molecule has 1 heterocycles. The monoisotopic (exact) mass is 498 g/mol. The molecule has 0 radical (unpaired) electrons. The number of hydrogen-bond donors (Lipinski definition) is 2. The van der Waals surface area contributed by atoms with Crippen LogP contribution in [0.3, 0.4) is 0 Å². The molecular formula is C22H35IN4O. The predicted octanol–water partition coefficient (Wildman–Crippen LogP) is 3.58. The number of likely N-dealkylation sites (tertiary alicyclic amines) is 1. The van der Waals surface area contributed by atoms with Crippen molar-refractivity contribution in [2.75, 3.05) is 26.7 Å². The first-order valence-corrected chi connectivity index (χ1v) is 10.6. The molecule has 1 unspecified atom stereocenters. The third-order valence-corrected chi connectivity index (χ3v) is 5.80. The number of halogens is 1. The van der Waals surface area contributed by atoms with Crippen LogP contribution >= 0.6 is 24.0 Å². The third-order valence-electron chi connectivity index (χ3n) is 5.80. The third kappa shape index (κ3) is 6.94. The molecule has 0 spiro atoms. The van der Waals surface area contributed by atoms with E-state index in [1.165, 1.54) is 24.8 Å². The molecule has 28 heavy (non-hydrogen) atoms. The van der Waals surface area contributed by atoms with Crippen molar-refractivity contribution in [1.82, 2.24) is 15.5 Å². The second-order valence-electron chi connectivity index (χ2n) is 7.84. The molecule has 1 aromatic rings. The number of nitrogens with one attached hydrogen (secondary N) is 2. The zero-order chi connectivity index (χ0) is 18.9. The normalized spacial score (nSPS) is 20.5. The maximum absolute atomic E-state index is 12.7. The highest BCUT2D eigenvalue weighted by molar-refractivity contribution is 14.0. The van der Waals surface area contributed by atoms with Gasteiger partial charge in [0, 0.05) is 38.6 Å². The summed E-state index contributed by atoms with van der Waals surface area (Å²) in [7, 11) is 1.81. The second-order valence-corrected chi connectivity index (χ2v) is 7.84. The largest absolute Gasteiger partial charge is 0.356 e. The minimum Gasteiger partial charge on any atom is -0.356 e. The Morgan fingerprint density at radius 2 is 1.89 bits per heavy atom. The summed E-state index contributed by atoms with van der Waals surface area (Å²) in [6.45, 7) is 2.57. The van der Waals surface area contributed by atoms with E-state index in [0.717, 1.165) is 57.7 Å². The van der Waals surface area contributed by atoms with E-state index >= 15 is 0 Å². The van der Waals surface area contributed by atoms with Crippen LogP contribution in [0.25, 0.3) is 0 Å². The van der Waals surface area contributed by atoms with Gasteiger partial charge in [-0.25, -0.2) is 0 Å². The van der Waals surface area contributed by atoms with Crippen LogP contribution < -0.4 is 10.6 Å². The van der Waals surface area contributed by atoms with Gasteiger partial charge >= 0.3 is 0 Å². The Bertz CT molecular complexity index is 616. The second kappa shape index (κ2) is 12.3. The van der Waals surface area contributed by atoms with E-state index in [0.29, 0.717) is 11.9 Å². The van der Waals surface area contributed by atoms with Crippen LogP contribution in [0, 0.1) is 5.92 Å². The van der Waals surface area contributed by atoms with E-state index in [1.54, 1.807) is 0 Å². The lowest BCUT2D eigenvalue weighted by atomic mass is 9.88. The molecule has 1 amide bonds. The zero-order valence-electron chi connectivity index (χ0n) is 17.0. The minimum absolute atomic E-state index is 0. The van der Waals surface area contributed by atoms with E-state index < -0.39 is 0 Å². The first-order chi connectivity index (χ1) is 13.3. The van der Waals surface area contributed by atoms with Crippen LogP contribution in [0.15, 0.2) is 35.3 Å². The molecule has 156 valence electrons. The van der Waals surface area contributed by atoms with Gasteiger partial charge in [0.05, 0.1) is 0 Å². The summed E-state index contributed by atoms with van der Waals surface area (Å²) in [4.78, 5) is 19.1. The summed E-state index contributed by atoms with van der Waals surface area (Å²) in [5.74, 6) is 1.50. The van der Waals surface area contributed by atoms with Crippen LogP contribution in [-0.2, 0) is 11.2 Å². The van der Waals surface area contributed by atoms with Gasteiger partial charge in [0.2, 0.25) is 5.91 Å². The Balaban J connectivity index is 0.00000280. The Kier molecular flexibility index (Phi) is 10.1. The molecule has 6 heteroatoms. The van der Waals surface area contributed by atoms with Crippen molar-refractivity contribution in [3.05, 3.63) is 35.9 Å². The van der Waals surface area contributed by atoms with Gasteiger partial charge in [-0.15, -0.1) is 24.0 Å². The summed E-state index contributed by atoms with van der Waals surface area (Å²) in [6, 6.07) is 10.9.